The first-order valence-electron chi connectivity index (χ1n) is 6.88. The Hall–Kier alpha value is -1.75. The van der Waals surface area contributed by atoms with E-state index >= 15 is 0 Å². The number of piperidine rings is 1. The molecule has 0 bridgehead atoms. The van der Waals surface area contributed by atoms with E-state index in [0.29, 0.717) is 17.1 Å². The highest BCUT2D eigenvalue weighted by molar-refractivity contribution is 5.90. The number of carbonyl (C=O) groups is 1. The van der Waals surface area contributed by atoms with Gasteiger partial charge in [0, 0.05) is 12.8 Å². The number of benzene rings is 1. The highest BCUT2D eigenvalue weighted by atomic mass is 16.5. The van der Waals surface area contributed by atoms with Gasteiger partial charge in [0.2, 0.25) is 0 Å². The van der Waals surface area contributed by atoms with Crippen molar-refractivity contribution >= 4 is 5.97 Å². The molecule has 0 spiro atoms. The van der Waals surface area contributed by atoms with Crippen molar-refractivity contribution in [2.75, 3.05) is 34.4 Å². The highest BCUT2D eigenvalue weighted by Crippen LogP contribution is 2.28. The molecule has 0 radical (unpaired) electrons. The largest absolute Gasteiger partial charge is 0.493 e. The summed E-state index contributed by atoms with van der Waals surface area (Å²) in [5.41, 5.74) is 0.494. The third-order valence-corrected chi connectivity index (χ3v) is 3.68. The average Bonchev–Trinajstić information content (AvgIpc) is 2.48. The first-order valence-corrected chi connectivity index (χ1v) is 6.88. The Morgan fingerprint density at radius 3 is 2.40 bits per heavy atom. The van der Waals surface area contributed by atoms with Crippen molar-refractivity contribution in [3.05, 3.63) is 23.8 Å². The molecule has 1 N–H and O–H groups in total. The molecule has 0 unspecified atom stereocenters. The topological polar surface area (TPSA) is 49.2 Å². The number of hydrogen-bond acceptors (Lipinski definition) is 4. The van der Waals surface area contributed by atoms with E-state index in [0.717, 1.165) is 25.9 Å². The number of esters is 1. The van der Waals surface area contributed by atoms with Gasteiger partial charge in [-0.15, -0.1) is 0 Å². The molecule has 1 aliphatic rings. The van der Waals surface area contributed by atoms with Crippen LogP contribution in [0.25, 0.3) is 0 Å². The molecule has 2 rings (SSSR count). The second-order valence-corrected chi connectivity index (χ2v) is 5.13. The second-order valence-electron chi connectivity index (χ2n) is 5.13. The van der Waals surface area contributed by atoms with Crippen LogP contribution in [0.2, 0.25) is 0 Å². The van der Waals surface area contributed by atoms with Gasteiger partial charge >= 0.3 is 5.97 Å². The van der Waals surface area contributed by atoms with Crippen molar-refractivity contribution in [1.29, 1.82) is 0 Å². The number of likely N-dealkylation sites (tertiary alicyclic amines) is 1. The van der Waals surface area contributed by atoms with Crippen LogP contribution in [0.15, 0.2) is 18.2 Å². The van der Waals surface area contributed by atoms with E-state index in [4.69, 9.17) is 14.2 Å². The molecule has 1 heterocycles. The van der Waals surface area contributed by atoms with E-state index in [1.54, 1.807) is 32.4 Å². The van der Waals surface area contributed by atoms with Crippen molar-refractivity contribution in [1.82, 2.24) is 0 Å². The van der Waals surface area contributed by atoms with Crippen molar-refractivity contribution in [3.8, 4) is 11.5 Å². The Morgan fingerprint density at radius 1 is 1.15 bits per heavy atom. The van der Waals surface area contributed by atoms with E-state index in [9.17, 15) is 4.79 Å². The maximum absolute atomic E-state index is 12.1. The number of carbonyl (C=O) groups excluding carboxylic acids is 1. The van der Waals surface area contributed by atoms with Gasteiger partial charge in [-0.2, -0.15) is 0 Å². The minimum Gasteiger partial charge on any atom is -0.493 e. The van der Waals surface area contributed by atoms with Crippen LogP contribution in [0, 0.1) is 0 Å². The van der Waals surface area contributed by atoms with Gasteiger partial charge in [0.15, 0.2) is 11.5 Å². The van der Waals surface area contributed by atoms with E-state index in [1.807, 2.05) is 0 Å². The van der Waals surface area contributed by atoms with Crippen LogP contribution in [0.4, 0.5) is 0 Å². The summed E-state index contributed by atoms with van der Waals surface area (Å²) in [5.74, 6) is 0.845. The number of ether oxygens (including phenoxy) is 3. The van der Waals surface area contributed by atoms with Crippen LogP contribution in [0.5, 0.6) is 11.5 Å². The lowest BCUT2D eigenvalue weighted by Crippen LogP contribution is -3.10. The Balaban J connectivity index is 2.02. The zero-order chi connectivity index (χ0) is 14.5. The lowest BCUT2D eigenvalue weighted by atomic mass is 10.1. The first-order chi connectivity index (χ1) is 9.63. The van der Waals surface area contributed by atoms with Crippen LogP contribution >= 0.6 is 0 Å². The summed E-state index contributed by atoms with van der Waals surface area (Å²) < 4.78 is 15.9. The van der Waals surface area contributed by atoms with Crippen molar-refractivity contribution in [3.63, 3.8) is 0 Å². The Bertz CT molecular complexity index is 467. The average molecular weight is 280 g/mol. The molecule has 0 aromatic heterocycles. The maximum atomic E-state index is 12.1. The van der Waals surface area contributed by atoms with Gasteiger partial charge in [-0.05, 0) is 18.2 Å². The Labute approximate surface area is 119 Å². The molecule has 0 aliphatic carbocycles. The fourth-order valence-electron chi connectivity index (χ4n) is 2.38. The monoisotopic (exact) mass is 280 g/mol. The second kappa shape index (κ2) is 6.61. The predicted molar refractivity (Wildman–Crippen MR) is 74.6 cm³/mol. The van der Waals surface area contributed by atoms with Gasteiger partial charge in [0.05, 0.1) is 39.9 Å². The molecule has 5 heteroatoms. The van der Waals surface area contributed by atoms with Crippen molar-refractivity contribution in [2.24, 2.45) is 0 Å². The van der Waals surface area contributed by atoms with E-state index < -0.39 is 0 Å². The molecule has 0 amide bonds. The number of methoxy groups -OCH3 is 2. The van der Waals surface area contributed by atoms with E-state index in [-0.39, 0.29) is 12.1 Å². The van der Waals surface area contributed by atoms with Crippen molar-refractivity contribution in [2.45, 2.75) is 18.9 Å². The summed E-state index contributed by atoms with van der Waals surface area (Å²) in [7, 11) is 5.27. The smallest absolute Gasteiger partial charge is 0.338 e. The molecule has 1 aromatic carbocycles. The highest BCUT2D eigenvalue weighted by Gasteiger charge is 2.23. The summed E-state index contributed by atoms with van der Waals surface area (Å²) in [5, 5.41) is 0. The third kappa shape index (κ3) is 3.42. The molecule has 1 aliphatic heterocycles. The molecule has 1 aromatic rings. The molecular weight excluding hydrogens is 258 g/mol. The van der Waals surface area contributed by atoms with Crippen LogP contribution in [-0.4, -0.2) is 46.4 Å². The summed E-state index contributed by atoms with van der Waals surface area (Å²) in [4.78, 5) is 13.6. The summed E-state index contributed by atoms with van der Waals surface area (Å²) >= 11 is 0. The standard InChI is InChI=1S/C15H21NO4/c1-16-8-6-12(7-9-16)20-15(17)11-4-5-13(18-2)14(10-11)19-3/h4-5,10,12H,6-9H2,1-3H3/p+1. The molecule has 1 fully saturated rings. The maximum Gasteiger partial charge on any atom is 0.338 e. The quantitative estimate of drug-likeness (QED) is 0.818. The normalized spacial score (nSPS) is 22.1. The Kier molecular flexibility index (Phi) is 4.84. The molecule has 0 saturated carbocycles. The molecule has 5 nitrogen and oxygen atoms in total. The number of nitrogens with one attached hydrogen (secondary N) is 1. The summed E-state index contributed by atoms with van der Waals surface area (Å²) in [6.45, 7) is 2.09. The fraction of sp³-hybridized carbons (Fsp3) is 0.533. The van der Waals surface area contributed by atoms with E-state index in [2.05, 4.69) is 7.05 Å². The van der Waals surface area contributed by atoms with E-state index in [1.165, 1.54) is 4.90 Å². The molecule has 110 valence electrons. The molecular formula is C15H22NO4+. The summed E-state index contributed by atoms with van der Waals surface area (Å²) in [6.07, 6.45) is 1.87. The summed E-state index contributed by atoms with van der Waals surface area (Å²) in [6, 6.07) is 5.07. The van der Waals surface area contributed by atoms with Crippen LogP contribution in [0.1, 0.15) is 23.2 Å². The van der Waals surface area contributed by atoms with Gasteiger partial charge < -0.3 is 19.1 Å². The number of hydrogen-bond donors (Lipinski definition) is 1. The van der Waals surface area contributed by atoms with Gasteiger partial charge in [0.25, 0.3) is 0 Å². The third-order valence-electron chi connectivity index (χ3n) is 3.68. The van der Waals surface area contributed by atoms with Crippen LogP contribution < -0.4 is 14.4 Å². The molecule has 1 saturated heterocycles. The van der Waals surface area contributed by atoms with Crippen LogP contribution in [-0.2, 0) is 4.74 Å². The number of quaternary nitrogens is 1. The Morgan fingerprint density at radius 2 is 1.80 bits per heavy atom. The number of rotatable bonds is 4. The lowest BCUT2D eigenvalue weighted by Gasteiger charge is -2.26. The van der Waals surface area contributed by atoms with Crippen molar-refractivity contribution < 1.29 is 23.9 Å². The zero-order valence-electron chi connectivity index (χ0n) is 12.3. The zero-order valence-corrected chi connectivity index (χ0v) is 12.3. The lowest BCUT2D eigenvalue weighted by molar-refractivity contribution is -0.885. The van der Waals surface area contributed by atoms with Gasteiger partial charge in [-0.25, -0.2) is 4.79 Å². The first kappa shape index (κ1) is 14.7. The predicted octanol–water partition coefficient (Wildman–Crippen LogP) is 0.538. The molecule has 0 atom stereocenters. The van der Waals surface area contributed by atoms with Gasteiger partial charge in [-0.3, -0.25) is 0 Å². The fourth-order valence-corrected chi connectivity index (χ4v) is 2.38. The van der Waals surface area contributed by atoms with Crippen LogP contribution in [0.3, 0.4) is 0 Å². The molecule has 20 heavy (non-hydrogen) atoms. The SMILES string of the molecule is COc1ccc(C(=O)OC2CC[NH+](C)CC2)cc1OC. The van der Waals surface area contributed by atoms with Gasteiger partial charge in [-0.1, -0.05) is 0 Å². The minimum absolute atomic E-state index is 0.0271. The minimum atomic E-state index is -0.296. The van der Waals surface area contributed by atoms with Gasteiger partial charge in [0.1, 0.15) is 6.10 Å².